The van der Waals surface area contributed by atoms with Crippen molar-refractivity contribution in [3.63, 3.8) is 0 Å². The predicted octanol–water partition coefficient (Wildman–Crippen LogP) is 2.39. The van der Waals surface area contributed by atoms with E-state index in [1.54, 1.807) is 13.8 Å². The zero-order chi connectivity index (χ0) is 12.9. The van der Waals surface area contributed by atoms with Crippen LogP contribution >= 0.6 is 0 Å². The van der Waals surface area contributed by atoms with Gasteiger partial charge in [-0.15, -0.1) is 0 Å². The standard InChI is InChI=1S/C14H18O3/c1-4-12(15)14(2,13(16)17-3)10-11-8-6-5-7-9-11/h5-9H,4,10H2,1-3H3. The monoisotopic (exact) mass is 234 g/mol. The first-order valence-corrected chi connectivity index (χ1v) is 5.70. The summed E-state index contributed by atoms with van der Waals surface area (Å²) in [4.78, 5) is 23.7. The van der Waals surface area contributed by atoms with Gasteiger partial charge in [-0.1, -0.05) is 37.3 Å². The topological polar surface area (TPSA) is 43.4 Å². The summed E-state index contributed by atoms with van der Waals surface area (Å²) in [6.07, 6.45) is 0.714. The molecule has 1 unspecified atom stereocenters. The van der Waals surface area contributed by atoms with E-state index in [0.29, 0.717) is 12.8 Å². The van der Waals surface area contributed by atoms with E-state index < -0.39 is 11.4 Å². The van der Waals surface area contributed by atoms with Crippen molar-refractivity contribution in [2.24, 2.45) is 5.41 Å². The molecule has 0 amide bonds. The summed E-state index contributed by atoms with van der Waals surface area (Å²) >= 11 is 0. The number of rotatable bonds is 5. The molecule has 0 saturated carbocycles. The molecular weight excluding hydrogens is 216 g/mol. The van der Waals surface area contributed by atoms with Gasteiger partial charge in [-0.05, 0) is 18.9 Å². The van der Waals surface area contributed by atoms with E-state index in [9.17, 15) is 9.59 Å². The molecule has 0 saturated heterocycles. The van der Waals surface area contributed by atoms with E-state index in [2.05, 4.69) is 0 Å². The molecule has 1 aromatic carbocycles. The molecule has 3 nitrogen and oxygen atoms in total. The smallest absolute Gasteiger partial charge is 0.319 e. The van der Waals surface area contributed by atoms with E-state index in [4.69, 9.17) is 4.74 Å². The first kappa shape index (κ1) is 13.4. The van der Waals surface area contributed by atoms with Crippen LogP contribution in [-0.2, 0) is 20.7 Å². The van der Waals surface area contributed by atoms with E-state index in [1.165, 1.54) is 7.11 Å². The number of benzene rings is 1. The Balaban J connectivity index is 3.00. The number of hydrogen-bond acceptors (Lipinski definition) is 3. The Bertz CT molecular complexity index is 379. The third-order valence-electron chi connectivity index (χ3n) is 2.97. The molecule has 0 aliphatic carbocycles. The third kappa shape index (κ3) is 2.93. The zero-order valence-corrected chi connectivity index (χ0v) is 10.5. The fourth-order valence-electron chi connectivity index (χ4n) is 1.90. The lowest BCUT2D eigenvalue weighted by Crippen LogP contribution is -2.39. The van der Waals surface area contributed by atoms with Crippen LogP contribution in [0.4, 0.5) is 0 Å². The van der Waals surface area contributed by atoms with Crippen molar-refractivity contribution in [3.05, 3.63) is 35.9 Å². The van der Waals surface area contributed by atoms with Crippen LogP contribution in [0, 0.1) is 5.41 Å². The normalized spacial score (nSPS) is 13.8. The van der Waals surface area contributed by atoms with Crippen LogP contribution in [-0.4, -0.2) is 18.9 Å². The summed E-state index contributed by atoms with van der Waals surface area (Å²) in [7, 11) is 1.31. The minimum absolute atomic E-state index is 0.0896. The molecule has 0 N–H and O–H groups in total. The Labute approximate surface area is 102 Å². The number of esters is 1. The average Bonchev–Trinajstić information content (AvgIpc) is 2.37. The Morgan fingerprint density at radius 1 is 1.24 bits per heavy atom. The van der Waals surface area contributed by atoms with Gasteiger partial charge in [-0.25, -0.2) is 0 Å². The maximum Gasteiger partial charge on any atom is 0.319 e. The van der Waals surface area contributed by atoms with Crippen LogP contribution in [0.3, 0.4) is 0 Å². The van der Waals surface area contributed by atoms with E-state index in [-0.39, 0.29) is 5.78 Å². The highest BCUT2D eigenvalue weighted by molar-refractivity contribution is 6.03. The molecule has 0 fully saturated rings. The van der Waals surface area contributed by atoms with Crippen LogP contribution in [0.15, 0.2) is 30.3 Å². The molecule has 0 aliphatic heterocycles. The lowest BCUT2D eigenvalue weighted by atomic mass is 9.78. The second kappa shape index (κ2) is 5.62. The van der Waals surface area contributed by atoms with E-state index in [1.807, 2.05) is 30.3 Å². The number of Topliss-reactive ketones (excluding diaryl/α,β-unsaturated/α-hetero) is 1. The van der Waals surface area contributed by atoms with Gasteiger partial charge in [0.25, 0.3) is 0 Å². The van der Waals surface area contributed by atoms with Gasteiger partial charge in [0.1, 0.15) is 11.2 Å². The molecule has 0 bridgehead atoms. The molecule has 92 valence electrons. The van der Waals surface area contributed by atoms with E-state index >= 15 is 0 Å². The lowest BCUT2D eigenvalue weighted by Gasteiger charge is -2.24. The summed E-state index contributed by atoms with van der Waals surface area (Å²) in [5.74, 6) is -0.554. The van der Waals surface area contributed by atoms with Crippen molar-refractivity contribution in [1.82, 2.24) is 0 Å². The zero-order valence-electron chi connectivity index (χ0n) is 10.5. The number of carbonyl (C=O) groups is 2. The second-order valence-corrected chi connectivity index (χ2v) is 4.26. The molecular formula is C14H18O3. The summed E-state index contributed by atoms with van der Waals surface area (Å²) in [5.41, 5.74) is -0.118. The van der Waals surface area contributed by atoms with Gasteiger partial charge >= 0.3 is 5.97 Å². The Kier molecular flexibility index (Phi) is 4.44. The number of methoxy groups -OCH3 is 1. The fraction of sp³-hybridized carbons (Fsp3) is 0.429. The molecule has 1 aromatic rings. The Morgan fingerprint density at radius 2 is 1.82 bits per heavy atom. The molecule has 0 heterocycles. The maximum absolute atomic E-state index is 11.9. The van der Waals surface area contributed by atoms with Crippen LogP contribution in [0.1, 0.15) is 25.8 Å². The maximum atomic E-state index is 11.9. The van der Waals surface area contributed by atoms with Gasteiger partial charge in [-0.3, -0.25) is 9.59 Å². The SMILES string of the molecule is CCC(=O)C(C)(Cc1ccccc1)C(=O)OC. The fourth-order valence-corrected chi connectivity index (χ4v) is 1.90. The van der Waals surface area contributed by atoms with Gasteiger partial charge in [0.15, 0.2) is 0 Å². The van der Waals surface area contributed by atoms with Crippen molar-refractivity contribution < 1.29 is 14.3 Å². The number of ketones is 1. The summed E-state index contributed by atoms with van der Waals surface area (Å²) < 4.78 is 4.75. The van der Waals surface area contributed by atoms with Gasteiger partial charge in [-0.2, -0.15) is 0 Å². The third-order valence-corrected chi connectivity index (χ3v) is 2.97. The highest BCUT2D eigenvalue weighted by Gasteiger charge is 2.40. The largest absolute Gasteiger partial charge is 0.468 e. The predicted molar refractivity (Wildman–Crippen MR) is 65.6 cm³/mol. The molecule has 0 spiro atoms. The van der Waals surface area contributed by atoms with Gasteiger partial charge in [0, 0.05) is 6.42 Å². The lowest BCUT2D eigenvalue weighted by molar-refractivity contribution is -0.156. The van der Waals surface area contributed by atoms with Crippen molar-refractivity contribution >= 4 is 11.8 Å². The van der Waals surface area contributed by atoms with Gasteiger partial charge in [0.2, 0.25) is 0 Å². The molecule has 0 radical (unpaired) electrons. The summed E-state index contributed by atoms with van der Waals surface area (Å²) in [5, 5.41) is 0. The van der Waals surface area contributed by atoms with Crippen LogP contribution in [0.25, 0.3) is 0 Å². The summed E-state index contributed by atoms with van der Waals surface area (Å²) in [6, 6.07) is 9.50. The van der Waals surface area contributed by atoms with Crippen molar-refractivity contribution in [3.8, 4) is 0 Å². The van der Waals surface area contributed by atoms with Crippen LogP contribution < -0.4 is 0 Å². The number of hydrogen-bond donors (Lipinski definition) is 0. The number of ether oxygens (including phenoxy) is 1. The van der Waals surface area contributed by atoms with Gasteiger partial charge < -0.3 is 4.74 Å². The van der Waals surface area contributed by atoms with Crippen molar-refractivity contribution in [2.75, 3.05) is 7.11 Å². The molecule has 1 atom stereocenters. The van der Waals surface area contributed by atoms with Crippen LogP contribution in [0.2, 0.25) is 0 Å². The number of carbonyl (C=O) groups excluding carboxylic acids is 2. The summed E-state index contributed by atoms with van der Waals surface area (Å²) in [6.45, 7) is 3.41. The highest BCUT2D eigenvalue weighted by Crippen LogP contribution is 2.26. The molecule has 17 heavy (non-hydrogen) atoms. The van der Waals surface area contributed by atoms with Crippen molar-refractivity contribution in [2.45, 2.75) is 26.7 Å². The van der Waals surface area contributed by atoms with Crippen LogP contribution in [0.5, 0.6) is 0 Å². The Hall–Kier alpha value is -1.64. The minimum atomic E-state index is -1.08. The van der Waals surface area contributed by atoms with Crippen molar-refractivity contribution in [1.29, 1.82) is 0 Å². The Morgan fingerprint density at radius 3 is 2.29 bits per heavy atom. The molecule has 1 rings (SSSR count). The first-order valence-electron chi connectivity index (χ1n) is 5.70. The quantitative estimate of drug-likeness (QED) is 0.580. The minimum Gasteiger partial charge on any atom is -0.468 e. The molecule has 0 aliphatic rings. The van der Waals surface area contributed by atoms with Gasteiger partial charge in [0.05, 0.1) is 7.11 Å². The average molecular weight is 234 g/mol. The molecule has 0 aromatic heterocycles. The van der Waals surface area contributed by atoms with E-state index in [0.717, 1.165) is 5.56 Å². The highest BCUT2D eigenvalue weighted by atomic mass is 16.5. The first-order chi connectivity index (χ1) is 8.04. The second-order valence-electron chi connectivity index (χ2n) is 4.26. The molecule has 3 heteroatoms.